The average molecular weight is 350 g/mol. The first-order valence-corrected chi connectivity index (χ1v) is 8.03. The number of cyclic esters (lactones) is 1. The number of benzene rings is 2. The Bertz CT molecular complexity index is 907. The summed E-state index contributed by atoms with van der Waals surface area (Å²) < 4.78 is 10.5. The third-order valence-corrected chi connectivity index (χ3v) is 3.65. The van der Waals surface area contributed by atoms with Crippen LogP contribution in [0.1, 0.15) is 22.3 Å². The topological polar surface area (TPSA) is 91.0 Å². The van der Waals surface area contributed by atoms with Crippen LogP contribution in [0.15, 0.2) is 53.2 Å². The highest BCUT2D eigenvalue weighted by Crippen LogP contribution is 2.21. The second-order valence-electron chi connectivity index (χ2n) is 6.04. The molecule has 0 fully saturated rings. The van der Waals surface area contributed by atoms with Crippen LogP contribution in [0.3, 0.4) is 0 Å². The number of hydrogen-bond donors (Lipinski definition) is 1. The minimum atomic E-state index is -0.543. The Labute approximate surface area is 150 Å². The maximum absolute atomic E-state index is 12.1. The minimum absolute atomic E-state index is 0.184. The van der Waals surface area contributed by atoms with Gasteiger partial charge in [0.05, 0.1) is 0 Å². The summed E-state index contributed by atoms with van der Waals surface area (Å²) in [5.41, 5.74) is 8.94. The van der Waals surface area contributed by atoms with Crippen molar-refractivity contribution >= 4 is 23.9 Å². The second-order valence-corrected chi connectivity index (χ2v) is 6.04. The molecule has 26 heavy (non-hydrogen) atoms. The van der Waals surface area contributed by atoms with Crippen LogP contribution in [0.5, 0.6) is 5.75 Å². The summed E-state index contributed by atoms with van der Waals surface area (Å²) in [6.07, 6.45) is 1.63. The van der Waals surface area contributed by atoms with Gasteiger partial charge in [-0.1, -0.05) is 29.3 Å². The lowest BCUT2D eigenvalue weighted by molar-refractivity contribution is -0.130. The Morgan fingerprint density at radius 1 is 1.15 bits per heavy atom. The molecular weight excluding hydrogens is 332 g/mol. The van der Waals surface area contributed by atoms with E-state index in [1.165, 1.54) is 0 Å². The van der Waals surface area contributed by atoms with Gasteiger partial charge in [-0.15, -0.1) is 0 Å². The third-order valence-electron chi connectivity index (χ3n) is 3.65. The Morgan fingerprint density at radius 3 is 2.42 bits per heavy atom. The fraction of sp³-hybridized carbons (Fsp3) is 0.150. The van der Waals surface area contributed by atoms with Crippen molar-refractivity contribution in [1.29, 1.82) is 0 Å². The number of primary amides is 1. The van der Waals surface area contributed by atoms with Gasteiger partial charge in [0.25, 0.3) is 5.91 Å². The zero-order valence-electron chi connectivity index (χ0n) is 14.5. The van der Waals surface area contributed by atoms with E-state index in [1.807, 2.05) is 32.0 Å². The highest BCUT2D eigenvalue weighted by atomic mass is 16.6. The Hall–Kier alpha value is -3.41. The number of esters is 1. The van der Waals surface area contributed by atoms with Crippen LogP contribution in [0.2, 0.25) is 0 Å². The lowest BCUT2D eigenvalue weighted by atomic mass is 10.1. The normalized spacial score (nSPS) is 14.9. The summed E-state index contributed by atoms with van der Waals surface area (Å²) in [5, 5.41) is 0. The maximum atomic E-state index is 12.1. The number of aliphatic imine (C=N–C) groups is 1. The quantitative estimate of drug-likeness (QED) is 0.662. The number of carbonyl (C=O) groups is 2. The molecule has 3 rings (SSSR count). The maximum Gasteiger partial charge on any atom is 0.363 e. The van der Waals surface area contributed by atoms with Crippen LogP contribution in [-0.2, 0) is 14.3 Å². The lowest BCUT2D eigenvalue weighted by Gasteiger charge is -2.03. The van der Waals surface area contributed by atoms with Gasteiger partial charge in [-0.2, -0.15) is 0 Å². The molecule has 0 spiro atoms. The number of nitrogens with zero attached hydrogens (tertiary/aromatic N) is 1. The van der Waals surface area contributed by atoms with E-state index in [9.17, 15) is 9.59 Å². The molecular formula is C20H18N2O4. The van der Waals surface area contributed by atoms with Crippen molar-refractivity contribution in [2.45, 2.75) is 13.8 Å². The molecule has 2 N–H and O–H groups in total. The molecule has 0 saturated carbocycles. The third kappa shape index (κ3) is 4.16. The molecule has 0 aliphatic carbocycles. The molecule has 0 atom stereocenters. The first-order valence-electron chi connectivity index (χ1n) is 8.03. The highest BCUT2D eigenvalue weighted by Gasteiger charge is 2.24. The van der Waals surface area contributed by atoms with Gasteiger partial charge in [-0.3, -0.25) is 4.79 Å². The summed E-state index contributed by atoms with van der Waals surface area (Å²) in [5.74, 6) is -0.222. The second kappa shape index (κ2) is 7.23. The van der Waals surface area contributed by atoms with Crippen molar-refractivity contribution < 1.29 is 19.1 Å². The number of aryl methyl sites for hydroxylation is 2. The van der Waals surface area contributed by atoms with E-state index in [2.05, 4.69) is 4.99 Å². The summed E-state index contributed by atoms with van der Waals surface area (Å²) in [6, 6.07) is 12.8. The number of ether oxygens (including phenoxy) is 2. The van der Waals surface area contributed by atoms with E-state index >= 15 is 0 Å². The van der Waals surface area contributed by atoms with Crippen molar-refractivity contribution in [3.05, 3.63) is 70.4 Å². The smallest absolute Gasteiger partial charge is 0.363 e. The summed E-state index contributed by atoms with van der Waals surface area (Å²) in [6.45, 7) is 3.77. The molecule has 1 heterocycles. The van der Waals surface area contributed by atoms with Gasteiger partial charge in [0.1, 0.15) is 5.75 Å². The summed E-state index contributed by atoms with van der Waals surface area (Å²) >= 11 is 0. The molecule has 2 aromatic carbocycles. The van der Waals surface area contributed by atoms with E-state index in [0.717, 1.165) is 22.3 Å². The molecule has 1 amide bonds. The first kappa shape index (κ1) is 17.4. The number of nitrogens with two attached hydrogens (primary N) is 1. The number of carbonyl (C=O) groups excluding carboxylic acids is 2. The summed E-state index contributed by atoms with van der Waals surface area (Å²) in [7, 11) is 0. The zero-order valence-corrected chi connectivity index (χ0v) is 14.5. The molecule has 1 aliphatic heterocycles. The minimum Gasteiger partial charge on any atom is -0.484 e. The van der Waals surface area contributed by atoms with Gasteiger partial charge < -0.3 is 15.2 Å². The van der Waals surface area contributed by atoms with Crippen LogP contribution in [-0.4, -0.2) is 24.4 Å². The predicted molar refractivity (Wildman–Crippen MR) is 97.7 cm³/mol. The van der Waals surface area contributed by atoms with Crippen molar-refractivity contribution in [3.63, 3.8) is 0 Å². The Kier molecular flexibility index (Phi) is 4.84. The Morgan fingerprint density at radius 2 is 1.81 bits per heavy atom. The van der Waals surface area contributed by atoms with Crippen molar-refractivity contribution in [1.82, 2.24) is 0 Å². The Balaban J connectivity index is 1.81. The van der Waals surface area contributed by atoms with Gasteiger partial charge in [0.2, 0.25) is 5.90 Å². The first-order chi connectivity index (χ1) is 12.4. The number of hydrogen-bond acceptors (Lipinski definition) is 5. The monoisotopic (exact) mass is 350 g/mol. The van der Waals surface area contributed by atoms with Crippen molar-refractivity contribution in [2.24, 2.45) is 10.7 Å². The molecule has 2 aromatic rings. The standard InChI is InChI=1S/C20H18N2O4/c1-12-7-13(2)9-15(8-12)19-22-17(20(24)26-19)10-14-3-5-16(6-4-14)25-11-18(21)23/h3-10H,11H2,1-2H3,(H2,21,23). The van der Waals surface area contributed by atoms with E-state index < -0.39 is 11.9 Å². The molecule has 0 radical (unpaired) electrons. The molecule has 1 aliphatic rings. The molecule has 6 nitrogen and oxygen atoms in total. The van der Waals surface area contributed by atoms with Gasteiger partial charge in [-0.05, 0) is 49.8 Å². The van der Waals surface area contributed by atoms with Crippen molar-refractivity contribution in [3.8, 4) is 5.75 Å². The predicted octanol–water partition coefficient (Wildman–Crippen LogP) is 2.51. The van der Waals surface area contributed by atoms with Crippen LogP contribution in [0, 0.1) is 13.8 Å². The van der Waals surface area contributed by atoms with Crippen LogP contribution in [0.4, 0.5) is 0 Å². The number of amides is 1. The van der Waals surface area contributed by atoms with E-state index in [1.54, 1.807) is 30.3 Å². The van der Waals surface area contributed by atoms with Gasteiger partial charge in [0.15, 0.2) is 12.3 Å². The van der Waals surface area contributed by atoms with E-state index in [4.69, 9.17) is 15.2 Å². The molecule has 0 aromatic heterocycles. The summed E-state index contributed by atoms with van der Waals surface area (Å²) in [4.78, 5) is 27.1. The highest BCUT2D eigenvalue weighted by molar-refractivity contribution is 6.13. The molecule has 0 bridgehead atoms. The van der Waals surface area contributed by atoms with Crippen LogP contribution in [0.25, 0.3) is 6.08 Å². The van der Waals surface area contributed by atoms with E-state index in [0.29, 0.717) is 11.6 Å². The van der Waals surface area contributed by atoms with E-state index in [-0.39, 0.29) is 12.3 Å². The fourth-order valence-electron chi connectivity index (χ4n) is 2.60. The molecule has 132 valence electrons. The zero-order chi connectivity index (χ0) is 18.7. The van der Waals surface area contributed by atoms with Crippen LogP contribution >= 0.6 is 0 Å². The van der Waals surface area contributed by atoms with Gasteiger partial charge in [-0.25, -0.2) is 9.79 Å². The average Bonchev–Trinajstić information content (AvgIpc) is 2.94. The largest absolute Gasteiger partial charge is 0.484 e. The van der Waals surface area contributed by atoms with Crippen LogP contribution < -0.4 is 10.5 Å². The number of rotatable bonds is 5. The molecule has 0 unspecified atom stereocenters. The lowest BCUT2D eigenvalue weighted by Crippen LogP contribution is -2.19. The van der Waals surface area contributed by atoms with Crippen molar-refractivity contribution in [2.75, 3.05) is 6.61 Å². The SMILES string of the molecule is Cc1cc(C)cc(C2=NC(=Cc3ccc(OCC(N)=O)cc3)C(=O)O2)c1. The van der Waals surface area contributed by atoms with Gasteiger partial charge >= 0.3 is 5.97 Å². The van der Waals surface area contributed by atoms with Gasteiger partial charge in [0, 0.05) is 5.56 Å². The molecule has 0 saturated heterocycles. The molecule has 6 heteroatoms. The fourth-order valence-corrected chi connectivity index (χ4v) is 2.60.